The summed E-state index contributed by atoms with van der Waals surface area (Å²) in [5.74, 6) is 1.59. The smallest absolute Gasteiger partial charge is 0.191 e. The lowest BCUT2D eigenvalue weighted by atomic mass is 9.92. The zero-order chi connectivity index (χ0) is 20.7. The summed E-state index contributed by atoms with van der Waals surface area (Å²) in [6.45, 7) is 15.5. The van der Waals surface area contributed by atoms with Crippen molar-refractivity contribution in [3.63, 3.8) is 0 Å². The number of ether oxygens (including phenoxy) is 3. The normalized spacial score (nSPS) is 20.1. The van der Waals surface area contributed by atoms with Crippen LogP contribution in [0.1, 0.15) is 52.9 Å². The number of aliphatic imine (C=N–C) groups is 1. The van der Waals surface area contributed by atoms with Crippen LogP contribution in [-0.4, -0.2) is 88.8 Å². The van der Waals surface area contributed by atoms with Crippen molar-refractivity contribution in [2.75, 3.05) is 65.8 Å². The second kappa shape index (κ2) is 17.4. The van der Waals surface area contributed by atoms with E-state index in [4.69, 9.17) is 19.2 Å². The summed E-state index contributed by atoms with van der Waals surface area (Å²) in [5.41, 5.74) is 0. The van der Waals surface area contributed by atoms with Gasteiger partial charge in [0.2, 0.25) is 0 Å². The molecule has 2 N–H and O–H groups in total. The van der Waals surface area contributed by atoms with Crippen molar-refractivity contribution in [3.8, 4) is 0 Å². The Balaban J connectivity index is 0.00000450. The van der Waals surface area contributed by atoms with Crippen LogP contribution < -0.4 is 10.6 Å². The average Bonchev–Trinajstić information content (AvgIpc) is 2.77. The third-order valence-electron chi connectivity index (χ3n) is 6.02. The molecule has 0 aromatic rings. The number of halogens is 1. The molecule has 1 atom stereocenters. The van der Waals surface area contributed by atoms with Crippen molar-refractivity contribution in [2.45, 2.75) is 65.0 Å². The van der Waals surface area contributed by atoms with Gasteiger partial charge in [-0.2, -0.15) is 0 Å². The van der Waals surface area contributed by atoms with Crippen LogP contribution in [0, 0.1) is 5.92 Å². The van der Waals surface area contributed by atoms with Gasteiger partial charge in [0.1, 0.15) is 0 Å². The van der Waals surface area contributed by atoms with Crippen molar-refractivity contribution >= 4 is 29.9 Å². The van der Waals surface area contributed by atoms with Gasteiger partial charge in [-0.05, 0) is 32.1 Å². The van der Waals surface area contributed by atoms with Gasteiger partial charge in [-0.3, -0.25) is 9.89 Å². The Labute approximate surface area is 201 Å². The van der Waals surface area contributed by atoms with Crippen LogP contribution in [0.2, 0.25) is 0 Å². The fourth-order valence-electron chi connectivity index (χ4n) is 4.20. The van der Waals surface area contributed by atoms with Crippen LogP contribution in [-0.2, 0) is 14.2 Å². The van der Waals surface area contributed by atoms with Gasteiger partial charge in [-0.25, -0.2) is 0 Å². The molecule has 0 spiro atoms. The monoisotopic (exact) mass is 540 g/mol. The summed E-state index contributed by atoms with van der Waals surface area (Å²) in [7, 11) is 0. The van der Waals surface area contributed by atoms with E-state index in [0.717, 1.165) is 91.0 Å². The van der Waals surface area contributed by atoms with Crippen LogP contribution in [0.4, 0.5) is 0 Å². The molecular weight excluding hydrogens is 495 g/mol. The number of rotatable bonds is 12. The molecule has 2 aliphatic rings. The zero-order valence-electron chi connectivity index (χ0n) is 19.4. The van der Waals surface area contributed by atoms with Gasteiger partial charge >= 0.3 is 0 Å². The van der Waals surface area contributed by atoms with Crippen molar-refractivity contribution in [1.82, 2.24) is 15.5 Å². The molecule has 2 heterocycles. The molecule has 0 saturated carbocycles. The van der Waals surface area contributed by atoms with Crippen LogP contribution in [0.15, 0.2) is 4.99 Å². The first-order valence-corrected chi connectivity index (χ1v) is 11.8. The molecule has 1 unspecified atom stereocenters. The van der Waals surface area contributed by atoms with Crippen molar-refractivity contribution < 1.29 is 14.2 Å². The highest BCUT2D eigenvalue weighted by Crippen LogP contribution is 2.20. The summed E-state index contributed by atoms with van der Waals surface area (Å²) in [4.78, 5) is 7.53. The number of nitrogens with one attached hydrogen (secondary N) is 2. The van der Waals surface area contributed by atoms with Gasteiger partial charge in [0.15, 0.2) is 5.96 Å². The lowest BCUT2D eigenvalue weighted by molar-refractivity contribution is -0.0320. The Hall–Kier alpha value is -0.160. The van der Waals surface area contributed by atoms with E-state index in [-0.39, 0.29) is 24.0 Å². The van der Waals surface area contributed by atoms with Crippen molar-refractivity contribution in [2.24, 2.45) is 10.9 Å². The summed E-state index contributed by atoms with van der Waals surface area (Å²) in [6.07, 6.45) is 5.80. The van der Waals surface area contributed by atoms with E-state index < -0.39 is 0 Å². The van der Waals surface area contributed by atoms with E-state index in [1.165, 1.54) is 12.8 Å². The first-order valence-electron chi connectivity index (χ1n) is 11.8. The minimum Gasteiger partial charge on any atom is -0.381 e. The molecule has 0 radical (unpaired) electrons. The van der Waals surface area contributed by atoms with Gasteiger partial charge in [0, 0.05) is 52.0 Å². The summed E-state index contributed by atoms with van der Waals surface area (Å²) in [5, 5.41) is 6.88. The second-order valence-electron chi connectivity index (χ2n) is 7.97. The third kappa shape index (κ3) is 10.4. The first-order chi connectivity index (χ1) is 14.3. The molecule has 2 fully saturated rings. The van der Waals surface area contributed by atoms with E-state index in [0.29, 0.717) is 18.1 Å². The van der Waals surface area contributed by atoms with E-state index >= 15 is 0 Å². The standard InChI is InChI=1S/C22H44N4O3.HI/c1-4-19(5-2)21(26-11-16-28-17-12-26)18-25-22(23-6-3)24-10-7-13-29-20-8-14-27-15-9-20;/h19-21H,4-18H2,1-3H3,(H2,23,24,25);1H. The van der Waals surface area contributed by atoms with Gasteiger partial charge in [0.05, 0.1) is 25.9 Å². The first kappa shape index (κ1) is 27.9. The molecule has 2 rings (SSSR count). The Morgan fingerprint density at radius 1 is 1.03 bits per heavy atom. The highest BCUT2D eigenvalue weighted by molar-refractivity contribution is 14.0. The number of guanidine groups is 1. The highest BCUT2D eigenvalue weighted by Gasteiger charge is 2.26. The molecule has 178 valence electrons. The maximum Gasteiger partial charge on any atom is 0.191 e. The van der Waals surface area contributed by atoms with Crippen molar-refractivity contribution in [3.05, 3.63) is 0 Å². The minimum atomic E-state index is 0. The van der Waals surface area contributed by atoms with Crippen LogP contribution >= 0.6 is 24.0 Å². The predicted molar refractivity (Wildman–Crippen MR) is 134 cm³/mol. The van der Waals surface area contributed by atoms with E-state index in [1.807, 2.05) is 0 Å². The third-order valence-corrected chi connectivity index (χ3v) is 6.02. The molecule has 0 aliphatic carbocycles. The molecule has 0 aromatic carbocycles. The van der Waals surface area contributed by atoms with Crippen LogP contribution in [0.5, 0.6) is 0 Å². The SMILES string of the molecule is CCNC(=NCC(C(CC)CC)N1CCOCC1)NCCCOC1CCOCC1.I. The Bertz CT molecular complexity index is 440. The van der Waals surface area contributed by atoms with Gasteiger partial charge in [0.25, 0.3) is 0 Å². The Kier molecular flexibility index (Phi) is 16.2. The van der Waals surface area contributed by atoms with Gasteiger partial charge in [-0.1, -0.05) is 26.7 Å². The van der Waals surface area contributed by atoms with Crippen molar-refractivity contribution in [1.29, 1.82) is 0 Å². The van der Waals surface area contributed by atoms with Gasteiger partial charge < -0.3 is 24.8 Å². The number of hydrogen-bond donors (Lipinski definition) is 2. The number of morpholine rings is 1. The van der Waals surface area contributed by atoms with Gasteiger partial charge in [-0.15, -0.1) is 24.0 Å². The Morgan fingerprint density at radius 3 is 2.33 bits per heavy atom. The molecule has 0 aromatic heterocycles. The molecular formula is C22H45IN4O3. The molecule has 30 heavy (non-hydrogen) atoms. The maximum absolute atomic E-state index is 5.96. The van der Waals surface area contributed by atoms with Crippen LogP contribution in [0.25, 0.3) is 0 Å². The van der Waals surface area contributed by atoms with E-state index in [1.54, 1.807) is 0 Å². The van der Waals surface area contributed by atoms with Crippen LogP contribution in [0.3, 0.4) is 0 Å². The molecule has 0 bridgehead atoms. The average molecular weight is 541 g/mol. The zero-order valence-corrected chi connectivity index (χ0v) is 21.7. The molecule has 0 amide bonds. The summed E-state index contributed by atoms with van der Waals surface area (Å²) in [6, 6.07) is 0.487. The summed E-state index contributed by atoms with van der Waals surface area (Å²) < 4.78 is 16.9. The fraction of sp³-hybridized carbons (Fsp3) is 0.955. The maximum atomic E-state index is 5.96. The number of nitrogens with zero attached hydrogens (tertiary/aromatic N) is 2. The molecule has 7 nitrogen and oxygen atoms in total. The minimum absolute atomic E-state index is 0. The van der Waals surface area contributed by atoms with E-state index in [2.05, 4.69) is 36.3 Å². The topological polar surface area (TPSA) is 67.4 Å². The lowest BCUT2D eigenvalue weighted by Gasteiger charge is -2.38. The summed E-state index contributed by atoms with van der Waals surface area (Å²) >= 11 is 0. The molecule has 2 aliphatic heterocycles. The second-order valence-corrected chi connectivity index (χ2v) is 7.97. The molecule has 2 saturated heterocycles. The fourth-order valence-corrected chi connectivity index (χ4v) is 4.20. The number of hydrogen-bond acceptors (Lipinski definition) is 5. The lowest BCUT2D eigenvalue weighted by Crippen LogP contribution is -2.49. The van der Waals surface area contributed by atoms with E-state index in [9.17, 15) is 0 Å². The Morgan fingerprint density at radius 2 is 1.70 bits per heavy atom. The predicted octanol–water partition coefficient (Wildman–Crippen LogP) is 2.88. The highest BCUT2D eigenvalue weighted by atomic mass is 127. The largest absolute Gasteiger partial charge is 0.381 e. The molecule has 8 heteroatoms. The quantitative estimate of drug-likeness (QED) is 0.172.